The van der Waals surface area contributed by atoms with Gasteiger partial charge in [0.2, 0.25) is 0 Å². The van der Waals surface area contributed by atoms with E-state index in [1.165, 1.54) is 65.9 Å². The van der Waals surface area contributed by atoms with E-state index in [1.54, 1.807) is 0 Å². The van der Waals surface area contributed by atoms with Gasteiger partial charge in [-0.15, -0.1) is 0 Å². The van der Waals surface area contributed by atoms with Gasteiger partial charge in [0.05, 0.1) is 22.1 Å². The van der Waals surface area contributed by atoms with Crippen molar-refractivity contribution < 1.29 is 4.42 Å². The average molecular weight is 651 g/mol. The van der Waals surface area contributed by atoms with Crippen LogP contribution in [0.25, 0.3) is 99.2 Å². The summed E-state index contributed by atoms with van der Waals surface area (Å²) in [6.07, 6.45) is 0. The first-order valence-corrected chi connectivity index (χ1v) is 17.4. The molecule has 3 aromatic heterocycles. The minimum Gasteiger partial charge on any atom is -0.456 e. The summed E-state index contributed by atoms with van der Waals surface area (Å²) in [5.41, 5.74) is 13.5. The fourth-order valence-corrected chi connectivity index (χ4v) is 8.17. The highest BCUT2D eigenvalue weighted by atomic mass is 16.3. The summed E-state index contributed by atoms with van der Waals surface area (Å²) in [4.78, 5) is 0. The van der Waals surface area contributed by atoms with Crippen molar-refractivity contribution in [1.82, 2.24) is 9.13 Å². The van der Waals surface area contributed by atoms with E-state index in [2.05, 4.69) is 179 Å². The Kier molecular flexibility index (Phi) is 5.96. The van der Waals surface area contributed by atoms with Crippen LogP contribution in [0.2, 0.25) is 0 Å². The molecule has 0 N–H and O–H groups in total. The smallest absolute Gasteiger partial charge is 0.137 e. The molecule has 238 valence electrons. The Morgan fingerprint density at radius 3 is 1.45 bits per heavy atom. The summed E-state index contributed by atoms with van der Waals surface area (Å²) < 4.78 is 11.1. The van der Waals surface area contributed by atoms with Crippen LogP contribution in [0.15, 0.2) is 186 Å². The number of fused-ring (bicyclic) bond motifs is 9. The molecule has 51 heavy (non-hydrogen) atoms. The second-order valence-electron chi connectivity index (χ2n) is 13.4. The van der Waals surface area contributed by atoms with Crippen molar-refractivity contribution in [3.05, 3.63) is 182 Å². The lowest BCUT2D eigenvalue weighted by Gasteiger charge is -2.12. The van der Waals surface area contributed by atoms with Crippen LogP contribution in [-0.2, 0) is 0 Å². The third kappa shape index (κ3) is 4.25. The van der Waals surface area contributed by atoms with Crippen molar-refractivity contribution in [2.24, 2.45) is 0 Å². The fourth-order valence-electron chi connectivity index (χ4n) is 8.17. The van der Waals surface area contributed by atoms with Crippen LogP contribution < -0.4 is 0 Å². The van der Waals surface area contributed by atoms with Gasteiger partial charge in [0.1, 0.15) is 11.2 Å². The average Bonchev–Trinajstić information content (AvgIpc) is 3.85. The second kappa shape index (κ2) is 10.8. The highest BCUT2D eigenvalue weighted by Gasteiger charge is 2.17. The van der Waals surface area contributed by atoms with Crippen LogP contribution in [0.1, 0.15) is 0 Å². The van der Waals surface area contributed by atoms with Crippen LogP contribution in [-0.4, -0.2) is 9.13 Å². The first-order chi connectivity index (χ1) is 25.3. The third-order valence-electron chi connectivity index (χ3n) is 10.5. The Balaban J connectivity index is 1.12. The van der Waals surface area contributed by atoms with Gasteiger partial charge in [-0.1, -0.05) is 121 Å². The molecule has 0 fully saturated rings. The van der Waals surface area contributed by atoms with E-state index in [9.17, 15) is 0 Å². The molecule has 0 bridgehead atoms. The number of hydrogen-bond acceptors (Lipinski definition) is 1. The van der Waals surface area contributed by atoms with E-state index in [4.69, 9.17) is 4.42 Å². The van der Waals surface area contributed by atoms with Crippen LogP contribution in [0.4, 0.5) is 0 Å². The van der Waals surface area contributed by atoms with Crippen molar-refractivity contribution in [1.29, 1.82) is 0 Å². The van der Waals surface area contributed by atoms with E-state index in [0.717, 1.165) is 33.3 Å². The highest BCUT2D eigenvalue weighted by Crippen LogP contribution is 2.39. The molecule has 11 rings (SSSR count). The van der Waals surface area contributed by atoms with E-state index in [0.29, 0.717) is 0 Å². The van der Waals surface area contributed by atoms with Crippen LogP contribution >= 0.6 is 0 Å². The van der Waals surface area contributed by atoms with Gasteiger partial charge >= 0.3 is 0 Å². The summed E-state index contributed by atoms with van der Waals surface area (Å²) in [5, 5.41) is 7.23. The van der Waals surface area contributed by atoms with E-state index < -0.39 is 0 Å². The van der Waals surface area contributed by atoms with Gasteiger partial charge in [0, 0.05) is 49.8 Å². The minimum atomic E-state index is 0.894. The van der Waals surface area contributed by atoms with Gasteiger partial charge in [-0.3, -0.25) is 0 Å². The SMILES string of the molecule is c1ccc(-c2cccc(-n3c4ccccc4c4ccc(-c5ccc6c7ccccc7n(-c7ccc8c(c7)oc7ccccc78)c6c5)cc43)c2)cc1. The topological polar surface area (TPSA) is 23.0 Å². The molecule has 11 aromatic rings. The van der Waals surface area contributed by atoms with Gasteiger partial charge in [0.15, 0.2) is 0 Å². The summed E-state index contributed by atoms with van der Waals surface area (Å²) in [6.45, 7) is 0. The Hall–Kier alpha value is -6.84. The fraction of sp³-hybridized carbons (Fsp3) is 0. The molecular formula is C48H30N2O. The van der Waals surface area contributed by atoms with Gasteiger partial charge in [-0.05, 0) is 76.9 Å². The lowest BCUT2D eigenvalue weighted by atomic mass is 10.0. The first kappa shape index (κ1) is 28.0. The maximum Gasteiger partial charge on any atom is 0.137 e. The van der Waals surface area contributed by atoms with Crippen LogP contribution in [0.5, 0.6) is 0 Å². The molecule has 3 heteroatoms. The molecule has 8 aromatic carbocycles. The molecular weight excluding hydrogens is 621 g/mol. The number of aromatic nitrogens is 2. The van der Waals surface area contributed by atoms with Gasteiger partial charge in [-0.2, -0.15) is 0 Å². The predicted octanol–water partition coefficient (Wildman–Crippen LogP) is 13.1. The summed E-state index contributed by atoms with van der Waals surface area (Å²) in [6, 6.07) is 65.6. The lowest BCUT2D eigenvalue weighted by molar-refractivity contribution is 0.668. The van der Waals surface area contributed by atoms with Crippen LogP contribution in [0.3, 0.4) is 0 Å². The van der Waals surface area contributed by atoms with Crippen molar-refractivity contribution in [2.45, 2.75) is 0 Å². The van der Waals surface area contributed by atoms with Crippen LogP contribution in [0, 0.1) is 0 Å². The Morgan fingerprint density at radius 1 is 0.275 bits per heavy atom. The zero-order valence-corrected chi connectivity index (χ0v) is 27.6. The normalized spacial score (nSPS) is 11.9. The summed E-state index contributed by atoms with van der Waals surface area (Å²) in [5.74, 6) is 0. The number of furan rings is 1. The van der Waals surface area contributed by atoms with Crippen molar-refractivity contribution in [3.8, 4) is 33.6 Å². The standard InChI is InChI=1S/C48H30N2O/c1-2-11-31(12-3-1)32-13-10-14-35(27-32)49-43-18-7-4-15-37(43)39-24-21-33(28-45(39)49)34-22-25-40-38-16-5-8-19-44(38)50(46(40)29-34)36-23-26-42-41-17-6-9-20-47(41)51-48(42)30-36/h1-30H. The Morgan fingerprint density at radius 2 is 0.765 bits per heavy atom. The van der Waals surface area contributed by atoms with E-state index in [1.807, 2.05) is 12.1 Å². The largest absolute Gasteiger partial charge is 0.456 e. The van der Waals surface area contributed by atoms with Crippen molar-refractivity contribution >= 4 is 65.6 Å². The molecule has 0 saturated carbocycles. The molecule has 0 radical (unpaired) electrons. The van der Waals surface area contributed by atoms with Gasteiger partial charge in [0.25, 0.3) is 0 Å². The highest BCUT2D eigenvalue weighted by molar-refractivity contribution is 6.13. The molecule has 0 amide bonds. The molecule has 3 heterocycles. The zero-order chi connectivity index (χ0) is 33.5. The maximum atomic E-state index is 6.34. The third-order valence-corrected chi connectivity index (χ3v) is 10.5. The zero-order valence-electron chi connectivity index (χ0n) is 27.6. The number of para-hydroxylation sites is 3. The van der Waals surface area contributed by atoms with E-state index in [-0.39, 0.29) is 0 Å². The van der Waals surface area contributed by atoms with Crippen molar-refractivity contribution in [3.63, 3.8) is 0 Å². The molecule has 0 spiro atoms. The molecule has 0 aliphatic rings. The minimum absolute atomic E-state index is 0.894. The molecule has 0 unspecified atom stereocenters. The number of hydrogen-bond donors (Lipinski definition) is 0. The van der Waals surface area contributed by atoms with Crippen molar-refractivity contribution in [2.75, 3.05) is 0 Å². The summed E-state index contributed by atoms with van der Waals surface area (Å²) >= 11 is 0. The Bertz CT molecular complexity index is 3140. The molecule has 0 aliphatic carbocycles. The van der Waals surface area contributed by atoms with E-state index >= 15 is 0 Å². The van der Waals surface area contributed by atoms with Gasteiger partial charge < -0.3 is 13.6 Å². The van der Waals surface area contributed by atoms with Gasteiger partial charge in [-0.25, -0.2) is 0 Å². The second-order valence-corrected chi connectivity index (χ2v) is 13.4. The monoisotopic (exact) mass is 650 g/mol. The number of benzene rings is 8. The molecule has 3 nitrogen and oxygen atoms in total. The molecule has 0 saturated heterocycles. The molecule has 0 aliphatic heterocycles. The Labute approximate surface area is 293 Å². The number of nitrogens with zero attached hydrogens (tertiary/aromatic N) is 2. The summed E-state index contributed by atoms with van der Waals surface area (Å²) in [7, 11) is 0. The molecule has 0 atom stereocenters. The quantitative estimate of drug-likeness (QED) is 0.186. The first-order valence-electron chi connectivity index (χ1n) is 17.4. The maximum absolute atomic E-state index is 6.34. The number of rotatable bonds is 4. The predicted molar refractivity (Wildman–Crippen MR) is 213 cm³/mol. The lowest BCUT2D eigenvalue weighted by Crippen LogP contribution is -1.95.